The zero-order valence-electron chi connectivity index (χ0n) is 13.1. The number of carboxylic acid groups (broad SMARTS) is 3. The van der Waals surface area contributed by atoms with Crippen LogP contribution in [0.5, 0.6) is 0 Å². The lowest BCUT2D eigenvalue weighted by atomic mass is 10.3. The summed E-state index contributed by atoms with van der Waals surface area (Å²) in [5.74, 6) is -2.62. The normalized spacial score (nSPS) is 9.18. The molecule has 22 heavy (non-hydrogen) atoms. The summed E-state index contributed by atoms with van der Waals surface area (Å²) >= 11 is 0. The van der Waals surface area contributed by atoms with Crippen LogP contribution >= 0.6 is 0 Å². The van der Waals surface area contributed by atoms with Gasteiger partial charge in [0.2, 0.25) is 0 Å². The lowest BCUT2D eigenvalue weighted by Crippen LogP contribution is -2.19. The van der Waals surface area contributed by atoms with Gasteiger partial charge in [-0.2, -0.15) is 0 Å². The topological polar surface area (TPSA) is 150 Å². The molecule has 0 aliphatic heterocycles. The Morgan fingerprint density at radius 2 is 1.50 bits per heavy atom. The van der Waals surface area contributed by atoms with Crippen molar-refractivity contribution in [1.82, 2.24) is 5.32 Å². The molecule has 0 heterocycles. The lowest BCUT2D eigenvalue weighted by Gasteiger charge is -1.99. The van der Waals surface area contributed by atoms with E-state index in [4.69, 9.17) is 20.1 Å². The summed E-state index contributed by atoms with van der Waals surface area (Å²) in [6.45, 7) is 6.21. The number of carbonyl (C=O) groups is 4. The quantitative estimate of drug-likeness (QED) is 0.558. The van der Waals surface area contributed by atoms with Gasteiger partial charge < -0.3 is 20.1 Å². The van der Waals surface area contributed by atoms with Crippen LogP contribution in [0, 0.1) is 0 Å². The molecule has 0 fully saturated rings. The Balaban J connectivity index is -0.000000300. The molecule has 0 aromatic carbocycles. The molecule has 4 N–H and O–H groups in total. The minimum Gasteiger partial charge on any atom is -0.481 e. The van der Waals surface area contributed by atoms with Gasteiger partial charge in [0.15, 0.2) is 0 Å². The van der Waals surface area contributed by atoms with Crippen molar-refractivity contribution in [3.63, 3.8) is 0 Å². The highest BCUT2D eigenvalue weighted by Gasteiger charge is 2.01. The van der Waals surface area contributed by atoms with Gasteiger partial charge in [0.25, 0.3) is 5.97 Å². The summed E-state index contributed by atoms with van der Waals surface area (Å²) < 4.78 is 4.48. The number of hydrogen-bond donors (Lipinski definition) is 4. The van der Waals surface area contributed by atoms with E-state index in [2.05, 4.69) is 10.1 Å². The maximum absolute atomic E-state index is 10.6. The maximum Gasteiger partial charge on any atom is 0.411 e. The summed E-state index contributed by atoms with van der Waals surface area (Å²) in [5, 5.41) is 25.9. The smallest absolute Gasteiger partial charge is 0.411 e. The molecule has 0 aliphatic carbocycles. The van der Waals surface area contributed by atoms with Crippen LogP contribution < -0.4 is 5.32 Å². The standard InChI is InChI=1S/C7H11NO4.C4H8O2.C2H4O2/c1-3-12-7(11)8-4-5(2)6(9)10;1-2-3-4(5)6;1-2(3)4/h4H,3H2,1-2H3,(H,8,11)(H,9,10);2-3H2,1H3,(H,5,6);1H3,(H,3,4). The molecule has 0 aromatic rings. The van der Waals surface area contributed by atoms with E-state index in [1.807, 2.05) is 6.92 Å². The van der Waals surface area contributed by atoms with E-state index in [0.29, 0.717) is 6.42 Å². The van der Waals surface area contributed by atoms with Gasteiger partial charge in [0.05, 0.1) is 12.2 Å². The Morgan fingerprint density at radius 3 is 1.73 bits per heavy atom. The van der Waals surface area contributed by atoms with Crippen molar-refractivity contribution in [3.05, 3.63) is 11.8 Å². The zero-order valence-corrected chi connectivity index (χ0v) is 13.1. The van der Waals surface area contributed by atoms with E-state index in [-0.39, 0.29) is 12.2 Å². The minimum atomic E-state index is -1.08. The first kappa shape index (κ1) is 24.4. The van der Waals surface area contributed by atoms with E-state index >= 15 is 0 Å². The number of carbonyl (C=O) groups excluding carboxylic acids is 1. The molecule has 0 bridgehead atoms. The minimum absolute atomic E-state index is 0.0445. The van der Waals surface area contributed by atoms with Crippen LogP contribution in [0.25, 0.3) is 0 Å². The third-order valence-electron chi connectivity index (χ3n) is 1.48. The highest BCUT2D eigenvalue weighted by Crippen LogP contribution is 1.88. The lowest BCUT2D eigenvalue weighted by molar-refractivity contribution is -0.137. The molecule has 1 amide bonds. The highest BCUT2D eigenvalue weighted by atomic mass is 16.5. The van der Waals surface area contributed by atoms with Gasteiger partial charge in [-0.1, -0.05) is 6.92 Å². The second-order valence-corrected chi connectivity index (χ2v) is 3.66. The van der Waals surface area contributed by atoms with Gasteiger partial charge >= 0.3 is 18.0 Å². The Hall–Kier alpha value is -2.58. The van der Waals surface area contributed by atoms with E-state index in [9.17, 15) is 14.4 Å². The molecule has 0 saturated carbocycles. The van der Waals surface area contributed by atoms with Crippen molar-refractivity contribution in [2.24, 2.45) is 0 Å². The molecule has 0 atom stereocenters. The molecule has 0 aliphatic rings. The second kappa shape index (κ2) is 16.5. The van der Waals surface area contributed by atoms with Crippen LogP contribution in [0.2, 0.25) is 0 Å². The van der Waals surface area contributed by atoms with Gasteiger partial charge in [-0.15, -0.1) is 0 Å². The van der Waals surface area contributed by atoms with Crippen molar-refractivity contribution in [2.75, 3.05) is 6.61 Å². The fourth-order valence-electron chi connectivity index (χ4n) is 0.616. The Bertz CT molecular complexity index is 386. The first-order chi connectivity index (χ1) is 10.1. The van der Waals surface area contributed by atoms with Gasteiger partial charge in [-0.05, 0) is 20.3 Å². The molecule has 0 saturated heterocycles. The average molecular weight is 321 g/mol. The summed E-state index contributed by atoms with van der Waals surface area (Å²) in [4.78, 5) is 39.4. The van der Waals surface area contributed by atoms with Crippen LogP contribution in [-0.2, 0) is 19.1 Å². The number of nitrogens with one attached hydrogen (secondary N) is 1. The predicted molar refractivity (Wildman–Crippen MR) is 77.4 cm³/mol. The Kier molecular flexibility index (Phi) is 18.3. The van der Waals surface area contributed by atoms with Crippen molar-refractivity contribution < 1.29 is 39.2 Å². The maximum atomic E-state index is 10.6. The molecule has 128 valence electrons. The SMILES string of the molecule is CC(=O)O.CCCC(=O)O.CCOC(=O)NC=C(C)C(=O)O. The molecule has 0 spiro atoms. The van der Waals surface area contributed by atoms with E-state index < -0.39 is 24.0 Å². The molecule has 0 aromatic heterocycles. The van der Waals surface area contributed by atoms with Crippen molar-refractivity contribution in [2.45, 2.75) is 40.5 Å². The van der Waals surface area contributed by atoms with Crippen molar-refractivity contribution in [1.29, 1.82) is 0 Å². The van der Waals surface area contributed by atoms with Crippen LogP contribution in [0.15, 0.2) is 11.8 Å². The number of alkyl carbamates (subject to hydrolysis) is 1. The molecule has 9 heteroatoms. The number of rotatable bonds is 5. The molecule has 9 nitrogen and oxygen atoms in total. The average Bonchev–Trinajstić information content (AvgIpc) is 2.36. The van der Waals surface area contributed by atoms with Gasteiger partial charge in [-0.3, -0.25) is 14.9 Å². The zero-order chi connectivity index (χ0) is 18.1. The first-order valence-corrected chi connectivity index (χ1v) is 6.33. The molecular weight excluding hydrogens is 298 g/mol. The van der Waals surface area contributed by atoms with Gasteiger partial charge in [0, 0.05) is 19.5 Å². The largest absolute Gasteiger partial charge is 0.481 e. The summed E-state index contributed by atoms with van der Waals surface area (Å²) in [7, 11) is 0. The summed E-state index contributed by atoms with van der Waals surface area (Å²) in [6.07, 6.45) is 1.45. The fraction of sp³-hybridized carbons (Fsp3) is 0.538. The summed E-state index contributed by atoms with van der Waals surface area (Å²) in [6, 6.07) is 0. The van der Waals surface area contributed by atoms with Gasteiger partial charge in [0.1, 0.15) is 0 Å². The number of amides is 1. The molecular formula is C13H23NO8. The van der Waals surface area contributed by atoms with Crippen LogP contribution in [0.4, 0.5) is 4.79 Å². The predicted octanol–water partition coefficient (Wildman–Crippen LogP) is 1.68. The monoisotopic (exact) mass is 321 g/mol. The van der Waals surface area contributed by atoms with Crippen molar-refractivity contribution in [3.8, 4) is 0 Å². The van der Waals surface area contributed by atoms with E-state index in [1.54, 1.807) is 6.92 Å². The number of hydrogen-bond acceptors (Lipinski definition) is 5. The second-order valence-electron chi connectivity index (χ2n) is 3.66. The van der Waals surface area contributed by atoms with Crippen LogP contribution in [-0.4, -0.2) is 45.9 Å². The molecule has 0 radical (unpaired) electrons. The van der Waals surface area contributed by atoms with Crippen LogP contribution in [0.1, 0.15) is 40.5 Å². The van der Waals surface area contributed by atoms with E-state index in [1.165, 1.54) is 6.92 Å². The van der Waals surface area contributed by atoms with Crippen molar-refractivity contribution >= 4 is 24.0 Å². The number of aliphatic carboxylic acids is 3. The highest BCUT2D eigenvalue weighted by molar-refractivity contribution is 5.86. The number of carboxylic acids is 3. The molecule has 0 rings (SSSR count). The third kappa shape index (κ3) is 30.4. The van der Waals surface area contributed by atoms with Gasteiger partial charge in [-0.25, -0.2) is 9.59 Å². The van der Waals surface area contributed by atoms with E-state index in [0.717, 1.165) is 19.5 Å². The summed E-state index contributed by atoms with van der Waals surface area (Å²) in [5.41, 5.74) is 0.0445. The fourth-order valence-corrected chi connectivity index (χ4v) is 0.616. The molecule has 0 unspecified atom stereocenters. The Labute approximate surface area is 128 Å². The third-order valence-corrected chi connectivity index (χ3v) is 1.48. The van der Waals surface area contributed by atoms with Crippen LogP contribution in [0.3, 0.4) is 0 Å². The Morgan fingerprint density at radius 1 is 1.05 bits per heavy atom. The number of ether oxygens (including phenoxy) is 1. The first-order valence-electron chi connectivity index (χ1n) is 6.33.